The van der Waals surface area contributed by atoms with Gasteiger partial charge in [-0.05, 0) is 43.7 Å². The molecule has 2 nitrogen and oxygen atoms in total. The maximum absolute atomic E-state index is 5.82. The molecule has 1 aromatic heterocycles. The van der Waals surface area contributed by atoms with Crippen LogP contribution in [0.5, 0.6) is 5.75 Å². The second-order valence-electron chi connectivity index (χ2n) is 4.87. The Balaban J connectivity index is 1.84. The number of aryl methyl sites for hydroxylation is 2. The minimum Gasteiger partial charge on any atom is -0.489 e. The minimum atomic E-state index is 0.528. The van der Waals surface area contributed by atoms with Crippen LogP contribution in [0.3, 0.4) is 0 Å². The molecule has 0 fully saturated rings. The van der Waals surface area contributed by atoms with Crippen molar-refractivity contribution < 1.29 is 9.15 Å². The molecular weight excluding hydrogens is 236 g/mol. The number of ether oxygens (including phenoxy) is 1. The van der Waals surface area contributed by atoms with E-state index in [0.717, 1.165) is 22.3 Å². The standard InChI is InChI=1S/C17H16O2/c1-12-4-3-5-15(8-12)18-10-14-11-19-17-7-6-13(2)9-16(14)17/h3-9,11H,10H2,1-2H3. The van der Waals surface area contributed by atoms with Crippen LogP contribution < -0.4 is 4.74 Å². The third-order valence-corrected chi connectivity index (χ3v) is 3.19. The topological polar surface area (TPSA) is 22.4 Å². The number of furan rings is 1. The summed E-state index contributed by atoms with van der Waals surface area (Å²) in [6, 6.07) is 14.3. The fraction of sp³-hybridized carbons (Fsp3) is 0.176. The van der Waals surface area contributed by atoms with Crippen LogP contribution in [0.25, 0.3) is 11.0 Å². The zero-order valence-electron chi connectivity index (χ0n) is 11.1. The Kier molecular flexibility index (Phi) is 3.00. The van der Waals surface area contributed by atoms with E-state index in [4.69, 9.17) is 9.15 Å². The van der Waals surface area contributed by atoms with Crippen LogP contribution in [0.15, 0.2) is 53.1 Å². The molecule has 0 atom stereocenters. The Bertz CT molecular complexity index is 710. The largest absolute Gasteiger partial charge is 0.489 e. The van der Waals surface area contributed by atoms with E-state index < -0.39 is 0 Å². The van der Waals surface area contributed by atoms with Crippen LogP contribution >= 0.6 is 0 Å². The normalized spacial score (nSPS) is 10.8. The highest BCUT2D eigenvalue weighted by Crippen LogP contribution is 2.24. The van der Waals surface area contributed by atoms with Crippen molar-refractivity contribution in [2.24, 2.45) is 0 Å². The third-order valence-electron chi connectivity index (χ3n) is 3.19. The van der Waals surface area contributed by atoms with Crippen LogP contribution in [0.4, 0.5) is 0 Å². The van der Waals surface area contributed by atoms with Crippen molar-refractivity contribution in [2.75, 3.05) is 0 Å². The molecule has 1 heterocycles. The first-order valence-corrected chi connectivity index (χ1v) is 6.38. The first-order chi connectivity index (χ1) is 9.22. The Morgan fingerprint density at radius 1 is 1.00 bits per heavy atom. The van der Waals surface area contributed by atoms with E-state index in [1.807, 2.05) is 24.3 Å². The van der Waals surface area contributed by atoms with Crippen molar-refractivity contribution in [3.63, 3.8) is 0 Å². The van der Waals surface area contributed by atoms with Crippen molar-refractivity contribution in [3.05, 3.63) is 65.4 Å². The SMILES string of the molecule is Cc1cccc(OCc2coc3ccc(C)cc23)c1. The van der Waals surface area contributed by atoms with Crippen molar-refractivity contribution in [2.45, 2.75) is 20.5 Å². The van der Waals surface area contributed by atoms with Crippen molar-refractivity contribution in [3.8, 4) is 5.75 Å². The summed E-state index contributed by atoms with van der Waals surface area (Å²) in [5.74, 6) is 0.891. The van der Waals surface area contributed by atoms with Gasteiger partial charge in [0.25, 0.3) is 0 Å². The molecule has 2 aromatic carbocycles. The molecule has 0 radical (unpaired) electrons. The maximum atomic E-state index is 5.82. The van der Waals surface area contributed by atoms with Gasteiger partial charge in [0.05, 0.1) is 6.26 Å². The van der Waals surface area contributed by atoms with E-state index in [-0.39, 0.29) is 0 Å². The zero-order valence-corrected chi connectivity index (χ0v) is 11.1. The van der Waals surface area contributed by atoms with Gasteiger partial charge in [-0.2, -0.15) is 0 Å². The first kappa shape index (κ1) is 11.8. The van der Waals surface area contributed by atoms with Gasteiger partial charge in [0.1, 0.15) is 17.9 Å². The lowest BCUT2D eigenvalue weighted by molar-refractivity contribution is 0.306. The van der Waals surface area contributed by atoms with Crippen LogP contribution in [0, 0.1) is 13.8 Å². The van der Waals surface area contributed by atoms with E-state index in [1.165, 1.54) is 11.1 Å². The van der Waals surface area contributed by atoms with Crippen molar-refractivity contribution >= 4 is 11.0 Å². The average molecular weight is 252 g/mol. The molecule has 0 N–H and O–H groups in total. The van der Waals surface area contributed by atoms with Gasteiger partial charge in [0, 0.05) is 10.9 Å². The Labute approximate surface area is 112 Å². The van der Waals surface area contributed by atoms with Crippen molar-refractivity contribution in [1.82, 2.24) is 0 Å². The highest BCUT2D eigenvalue weighted by atomic mass is 16.5. The number of rotatable bonds is 3. The molecule has 0 amide bonds. The Morgan fingerprint density at radius 2 is 1.84 bits per heavy atom. The van der Waals surface area contributed by atoms with Gasteiger partial charge in [-0.25, -0.2) is 0 Å². The van der Waals surface area contributed by atoms with Gasteiger partial charge in [0.15, 0.2) is 0 Å². The summed E-state index contributed by atoms with van der Waals surface area (Å²) in [4.78, 5) is 0. The molecule has 0 aliphatic carbocycles. The predicted molar refractivity (Wildman–Crippen MR) is 76.5 cm³/mol. The van der Waals surface area contributed by atoms with E-state index in [2.05, 4.69) is 32.0 Å². The second-order valence-corrected chi connectivity index (χ2v) is 4.87. The number of fused-ring (bicyclic) bond motifs is 1. The van der Waals surface area contributed by atoms with Gasteiger partial charge in [-0.3, -0.25) is 0 Å². The van der Waals surface area contributed by atoms with Crippen LogP contribution in [-0.4, -0.2) is 0 Å². The van der Waals surface area contributed by atoms with Crippen LogP contribution in [0.2, 0.25) is 0 Å². The molecule has 3 rings (SSSR count). The van der Waals surface area contributed by atoms with Crippen LogP contribution in [0.1, 0.15) is 16.7 Å². The molecule has 0 saturated heterocycles. The van der Waals surface area contributed by atoms with Gasteiger partial charge in [-0.15, -0.1) is 0 Å². The molecular formula is C17H16O2. The van der Waals surface area contributed by atoms with Gasteiger partial charge in [-0.1, -0.05) is 23.8 Å². The average Bonchev–Trinajstić information content (AvgIpc) is 2.79. The van der Waals surface area contributed by atoms with E-state index >= 15 is 0 Å². The van der Waals surface area contributed by atoms with Gasteiger partial charge in [0.2, 0.25) is 0 Å². The number of benzene rings is 2. The summed E-state index contributed by atoms with van der Waals surface area (Å²) in [5, 5.41) is 1.13. The van der Waals surface area contributed by atoms with Gasteiger partial charge >= 0.3 is 0 Å². The van der Waals surface area contributed by atoms with E-state index in [9.17, 15) is 0 Å². The smallest absolute Gasteiger partial charge is 0.134 e. The third kappa shape index (κ3) is 2.48. The first-order valence-electron chi connectivity index (χ1n) is 6.38. The Hall–Kier alpha value is -2.22. The fourth-order valence-electron chi connectivity index (χ4n) is 2.17. The highest BCUT2D eigenvalue weighted by Gasteiger charge is 2.06. The Morgan fingerprint density at radius 3 is 2.68 bits per heavy atom. The molecule has 0 saturated carbocycles. The molecule has 2 heteroatoms. The quantitative estimate of drug-likeness (QED) is 0.678. The van der Waals surface area contributed by atoms with Gasteiger partial charge < -0.3 is 9.15 Å². The molecule has 3 aromatic rings. The summed E-state index contributed by atoms with van der Waals surface area (Å²) < 4.78 is 11.4. The second kappa shape index (κ2) is 4.81. The monoisotopic (exact) mass is 252 g/mol. The lowest BCUT2D eigenvalue weighted by atomic mass is 10.1. The summed E-state index contributed by atoms with van der Waals surface area (Å²) >= 11 is 0. The molecule has 19 heavy (non-hydrogen) atoms. The van der Waals surface area contributed by atoms with Crippen LogP contribution in [-0.2, 0) is 6.61 Å². The van der Waals surface area contributed by atoms with E-state index in [1.54, 1.807) is 6.26 Å². The lowest BCUT2D eigenvalue weighted by Gasteiger charge is -2.05. The van der Waals surface area contributed by atoms with E-state index in [0.29, 0.717) is 6.61 Å². The molecule has 0 spiro atoms. The molecule has 96 valence electrons. The van der Waals surface area contributed by atoms with Crippen molar-refractivity contribution in [1.29, 1.82) is 0 Å². The summed E-state index contributed by atoms with van der Waals surface area (Å²) in [5.41, 5.74) is 4.42. The number of hydrogen-bond acceptors (Lipinski definition) is 2. The summed E-state index contributed by atoms with van der Waals surface area (Å²) in [6.07, 6.45) is 1.78. The zero-order chi connectivity index (χ0) is 13.2. The number of hydrogen-bond donors (Lipinski definition) is 0. The fourth-order valence-corrected chi connectivity index (χ4v) is 2.17. The summed E-state index contributed by atoms with van der Waals surface area (Å²) in [6.45, 7) is 4.67. The molecule has 0 bridgehead atoms. The molecule has 0 aliphatic rings. The lowest BCUT2D eigenvalue weighted by Crippen LogP contribution is -1.94. The minimum absolute atomic E-state index is 0.528. The molecule has 0 aliphatic heterocycles. The highest BCUT2D eigenvalue weighted by molar-refractivity contribution is 5.81. The molecule has 0 unspecified atom stereocenters. The summed E-state index contributed by atoms with van der Waals surface area (Å²) in [7, 11) is 0. The maximum Gasteiger partial charge on any atom is 0.134 e. The predicted octanol–water partition coefficient (Wildman–Crippen LogP) is 4.63.